The zero-order chi connectivity index (χ0) is 12.9. The minimum absolute atomic E-state index is 0.0559. The molecule has 0 aromatic heterocycles. The highest BCUT2D eigenvalue weighted by atomic mass is 32.2. The van der Waals surface area contributed by atoms with Crippen LogP contribution < -0.4 is 11.1 Å². The second-order valence-electron chi connectivity index (χ2n) is 3.79. The molecule has 5 nitrogen and oxygen atoms in total. The van der Waals surface area contributed by atoms with Gasteiger partial charge in [-0.15, -0.1) is 0 Å². The molecule has 1 aromatic carbocycles. The van der Waals surface area contributed by atoms with Gasteiger partial charge in [-0.05, 0) is 17.7 Å². The minimum atomic E-state index is -3.04. The van der Waals surface area contributed by atoms with Gasteiger partial charge in [0.25, 0.3) is 5.91 Å². The van der Waals surface area contributed by atoms with Crippen LogP contribution in [0.4, 0.5) is 0 Å². The maximum absolute atomic E-state index is 11.6. The number of nitrogens with two attached hydrogens (primary N) is 1. The third-order valence-corrected chi connectivity index (χ3v) is 3.16. The van der Waals surface area contributed by atoms with Crippen LogP contribution in [-0.2, 0) is 16.4 Å². The van der Waals surface area contributed by atoms with E-state index < -0.39 is 9.84 Å². The number of amides is 1. The summed E-state index contributed by atoms with van der Waals surface area (Å²) in [5, 5.41) is 2.54. The molecule has 3 N–H and O–H groups in total. The van der Waals surface area contributed by atoms with Crippen molar-refractivity contribution in [2.75, 3.05) is 18.6 Å². The Kier molecular flexibility index (Phi) is 4.65. The largest absolute Gasteiger partial charge is 0.351 e. The normalized spacial score (nSPS) is 11.2. The molecule has 0 aliphatic rings. The summed E-state index contributed by atoms with van der Waals surface area (Å²) in [5.74, 6) is -0.336. The van der Waals surface area contributed by atoms with E-state index in [0.717, 1.165) is 11.8 Å². The topological polar surface area (TPSA) is 89.3 Å². The molecular weight excluding hydrogens is 240 g/mol. The van der Waals surface area contributed by atoms with Crippen molar-refractivity contribution in [3.8, 4) is 0 Å². The minimum Gasteiger partial charge on any atom is -0.351 e. The molecule has 0 spiro atoms. The molecule has 0 saturated heterocycles. The summed E-state index contributed by atoms with van der Waals surface area (Å²) < 4.78 is 21.7. The first kappa shape index (κ1) is 13.7. The van der Waals surface area contributed by atoms with Gasteiger partial charge in [0.05, 0.1) is 5.75 Å². The zero-order valence-corrected chi connectivity index (χ0v) is 10.5. The molecule has 0 atom stereocenters. The first-order chi connectivity index (χ1) is 7.92. The second-order valence-corrected chi connectivity index (χ2v) is 6.05. The van der Waals surface area contributed by atoms with Crippen molar-refractivity contribution in [3.63, 3.8) is 0 Å². The molecule has 6 heteroatoms. The molecule has 0 fully saturated rings. The predicted octanol–water partition coefficient (Wildman–Crippen LogP) is -0.0803. The Labute approximate surface area is 101 Å². The monoisotopic (exact) mass is 256 g/mol. The van der Waals surface area contributed by atoms with Gasteiger partial charge in [-0.1, -0.05) is 12.1 Å². The average molecular weight is 256 g/mol. The van der Waals surface area contributed by atoms with Crippen LogP contribution in [0.1, 0.15) is 15.9 Å². The van der Waals surface area contributed by atoms with Crippen LogP contribution in [0.5, 0.6) is 0 Å². The number of carbonyl (C=O) groups is 1. The van der Waals surface area contributed by atoms with Crippen molar-refractivity contribution in [1.82, 2.24) is 5.32 Å². The number of nitrogens with one attached hydrogen (secondary N) is 1. The van der Waals surface area contributed by atoms with Crippen molar-refractivity contribution in [1.29, 1.82) is 0 Å². The van der Waals surface area contributed by atoms with Crippen molar-refractivity contribution < 1.29 is 13.2 Å². The summed E-state index contributed by atoms with van der Waals surface area (Å²) in [6.45, 7) is 0.548. The van der Waals surface area contributed by atoms with Crippen LogP contribution in [-0.4, -0.2) is 32.9 Å². The Morgan fingerprint density at radius 2 is 1.88 bits per heavy atom. The van der Waals surface area contributed by atoms with E-state index in [1.54, 1.807) is 24.3 Å². The van der Waals surface area contributed by atoms with Gasteiger partial charge in [0.15, 0.2) is 0 Å². The standard InChI is InChI=1S/C11H16N2O3S/c1-17(15,16)7-6-13-11(14)10-4-2-9(8-12)3-5-10/h2-5H,6-8,12H2,1H3,(H,13,14). The molecule has 0 aliphatic heterocycles. The van der Waals surface area contributed by atoms with Gasteiger partial charge in [-0.25, -0.2) is 8.42 Å². The quantitative estimate of drug-likeness (QED) is 0.771. The van der Waals surface area contributed by atoms with E-state index in [2.05, 4.69) is 5.32 Å². The lowest BCUT2D eigenvalue weighted by Crippen LogP contribution is -2.28. The molecule has 0 aliphatic carbocycles. The van der Waals surface area contributed by atoms with Gasteiger partial charge in [-0.3, -0.25) is 4.79 Å². The summed E-state index contributed by atoms with van der Waals surface area (Å²) in [6, 6.07) is 6.87. The highest BCUT2D eigenvalue weighted by Crippen LogP contribution is 2.03. The lowest BCUT2D eigenvalue weighted by Gasteiger charge is -2.05. The maximum atomic E-state index is 11.6. The third kappa shape index (κ3) is 4.97. The Morgan fingerprint density at radius 1 is 1.29 bits per heavy atom. The summed E-state index contributed by atoms with van der Waals surface area (Å²) in [6.07, 6.45) is 1.13. The molecule has 94 valence electrons. The molecule has 0 saturated carbocycles. The van der Waals surface area contributed by atoms with Gasteiger partial charge >= 0.3 is 0 Å². The molecule has 1 aromatic rings. The fourth-order valence-electron chi connectivity index (χ4n) is 1.24. The van der Waals surface area contributed by atoms with Gasteiger partial charge in [0.2, 0.25) is 0 Å². The first-order valence-corrected chi connectivity index (χ1v) is 7.23. The average Bonchev–Trinajstić information content (AvgIpc) is 2.27. The predicted molar refractivity (Wildman–Crippen MR) is 66.4 cm³/mol. The van der Waals surface area contributed by atoms with Crippen molar-refractivity contribution in [3.05, 3.63) is 35.4 Å². The zero-order valence-electron chi connectivity index (χ0n) is 9.64. The van der Waals surface area contributed by atoms with Crippen LogP contribution in [0.15, 0.2) is 24.3 Å². The maximum Gasteiger partial charge on any atom is 0.251 e. The van der Waals surface area contributed by atoms with E-state index in [4.69, 9.17) is 5.73 Å². The first-order valence-electron chi connectivity index (χ1n) is 5.17. The third-order valence-electron chi connectivity index (χ3n) is 2.21. The Bertz CT molecular complexity index is 480. The van der Waals surface area contributed by atoms with Crippen LogP contribution in [0.25, 0.3) is 0 Å². The van der Waals surface area contributed by atoms with Crippen molar-refractivity contribution in [2.24, 2.45) is 5.73 Å². The van der Waals surface area contributed by atoms with Gasteiger partial charge in [-0.2, -0.15) is 0 Å². The summed E-state index contributed by atoms with van der Waals surface area (Å²) >= 11 is 0. The Balaban J connectivity index is 2.52. The van der Waals surface area contributed by atoms with E-state index >= 15 is 0 Å². The number of sulfone groups is 1. The number of hydrogen-bond donors (Lipinski definition) is 2. The van der Waals surface area contributed by atoms with Gasteiger partial charge in [0.1, 0.15) is 9.84 Å². The lowest BCUT2D eigenvalue weighted by molar-refractivity contribution is 0.0956. The van der Waals surface area contributed by atoms with Crippen molar-refractivity contribution >= 4 is 15.7 Å². The van der Waals surface area contributed by atoms with Crippen LogP contribution >= 0.6 is 0 Å². The second kappa shape index (κ2) is 5.79. The molecule has 0 heterocycles. The number of carbonyl (C=O) groups excluding carboxylic acids is 1. The van der Waals surface area contributed by atoms with E-state index in [1.807, 2.05) is 0 Å². The summed E-state index contributed by atoms with van der Waals surface area (Å²) in [5.41, 5.74) is 6.88. The smallest absolute Gasteiger partial charge is 0.251 e. The SMILES string of the molecule is CS(=O)(=O)CCNC(=O)c1ccc(CN)cc1. The van der Waals surface area contributed by atoms with Crippen LogP contribution in [0.3, 0.4) is 0 Å². The van der Waals surface area contributed by atoms with E-state index in [0.29, 0.717) is 12.1 Å². The van der Waals surface area contributed by atoms with E-state index in [-0.39, 0.29) is 18.2 Å². The molecule has 0 bridgehead atoms. The Hall–Kier alpha value is -1.40. The highest BCUT2D eigenvalue weighted by Gasteiger charge is 2.06. The van der Waals surface area contributed by atoms with Crippen LogP contribution in [0, 0.1) is 0 Å². The van der Waals surface area contributed by atoms with Crippen LogP contribution in [0.2, 0.25) is 0 Å². The lowest BCUT2D eigenvalue weighted by atomic mass is 10.1. The summed E-state index contributed by atoms with van der Waals surface area (Å²) in [4.78, 5) is 11.6. The molecule has 0 unspecified atom stereocenters. The number of hydrogen-bond acceptors (Lipinski definition) is 4. The van der Waals surface area contributed by atoms with E-state index in [9.17, 15) is 13.2 Å². The fourth-order valence-corrected chi connectivity index (χ4v) is 1.72. The van der Waals surface area contributed by atoms with Gasteiger partial charge < -0.3 is 11.1 Å². The van der Waals surface area contributed by atoms with Gasteiger partial charge in [0, 0.05) is 24.9 Å². The molecule has 1 rings (SSSR count). The van der Waals surface area contributed by atoms with Crippen molar-refractivity contribution in [2.45, 2.75) is 6.54 Å². The number of rotatable bonds is 5. The Morgan fingerprint density at radius 3 is 2.35 bits per heavy atom. The molecular formula is C11H16N2O3S. The summed E-state index contributed by atoms with van der Waals surface area (Å²) in [7, 11) is -3.04. The highest BCUT2D eigenvalue weighted by molar-refractivity contribution is 7.90. The molecule has 0 radical (unpaired) electrons. The van der Waals surface area contributed by atoms with E-state index in [1.165, 1.54) is 0 Å². The number of benzene rings is 1. The molecule has 1 amide bonds. The molecule has 17 heavy (non-hydrogen) atoms. The fraction of sp³-hybridized carbons (Fsp3) is 0.364.